The summed E-state index contributed by atoms with van der Waals surface area (Å²) in [6, 6.07) is 13.8. The second-order valence-corrected chi connectivity index (χ2v) is 7.59. The van der Waals surface area contributed by atoms with Crippen LogP contribution in [0.4, 0.5) is 47.3 Å². The van der Waals surface area contributed by atoms with Crippen LogP contribution in [0, 0.1) is 0 Å². The molecule has 4 amide bonds. The highest BCUT2D eigenvalue weighted by molar-refractivity contribution is 5.89. The Bertz CT molecular complexity index is 1120. The lowest BCUT2D eigenvalue weighted by molar-refractivity contribution is -0.138. The zero-order valence-corrected chi connectivity index (χ0v) is 18.4. The number of carbonyl (C=O) groups is 2. The third-order valence-electron chi connectivity index (χ3n) is 4.82. The SMILES string of the molecule is O=C(NCc1ccc(CNC(=O)Nc2cccc(C(F)(F)F)c2)cc1)Nc1cccc(C(F)(F)F)c1. The minimum Gasteiger partial charge on any atom is -0.334 e. The summed E-state index contributed by atoms with van der Waals surface area (Å²) in [5.74, 6) is 0. The minimum atomic E-state index is -4.52. The lowest BCUT2D eigenvalue weighted by Crippen LogP contribution is -2.29. The lowest BCUT2D eigenvalue weighted by Gasteiger charge is -2.12. The summed E-state index contributed by atoms with van der Waals surface area (Å²) in [5.41, 5.74) is -0.405. The average Bonchev–Trinajstić information content (AvgIpc) is 2.81. The fraction of sp³-hybridized carbons (Fsp3) is 0.167. The zero-order chi connectivity index (χ0) is 26.3. The van der Waals surface area contributed by atoms with Gasteiger partial charge in [0.15, 0.2) is 0 Å². The average molecular weight is 510 g/mol. The molecule has 0 fully saturated rings. The predicted molar refractivity (Wildman–Crippen MR) is 121 cm³/mol. The molecular formula is C24H20F6N4O2. The Morgan fingerprint density at radius 1 is 0.583 bits per heavy atom. The van der Waals surface area contributed by atoms with Gasteiger partial charge in [0.2, 0.25) is 0 Å². The van der Waals surface area contributed by atoms with Gasteiger partial charge in [0.25, 0.3) is 0 Å². The number of rotatable bonds is 6. The normalized spacial score (nSPS) is 11.5. The molecule has 36 heavy (non-hydrogen) atoms. The van der Waals surface area contributed by atoms with Gasteiger partial charge >= 0.3 is 24.4 Å². The van der Waals surface area contributed by atoms with E-state index in [2.05, 4.69) is 21.3 Å². The van der Waals surface area contributed by atoms with Gasteiger partial charge in [-0.2, -0.15) is 26.3 Å². The second-order valence-electron chi connectivity index (χ2n) is 7.59. The molecule has 0 aliphatic carbocycles. The summed E-state index contributed by atoms with van der Waals surface area (Å²) in [4.78, 5) is 24.0. The minimum absolute atomic E-state index is 0.00726. The Labute approximate surface area is 201 Å². The van der Waals surface area contributed by atoms with Crippen molar-refractivity contribution in [3.8, 4) is 0 Å². The number of hydrogen-bond donors (Lipinski definition) is 4. The number of halogens is 6. The molecule has 0 heterocycles. The maximum absolute atomic E-state index is 12.8. The van der Waals surface area contributed by atoms with E-state index >= 15 is 0 Å². The van der Waals surface area contributed by atoms with E-state index in [0.717, 1.165) is 24.3 Å². The molecule has 0 aromatic heterocycles. The smallest absolute Gasteiger partial charge is 0.334 e. The molecule has 0 saturated heterocycles. The highest BCUT2D eigenvalue weighted by atomic mass is 19.4. The first-order valence-corrected chi connectivity index (χ1v) is 10.4. The Balaban J connectivity index is 1.45. The van der Waals surface area contributed by atoms with Crippen molar-refractivity contribution in [1.29, 1.82) is 0 Å². The Morgan fingerprint density at radius 2 is 0.944 bits per heavy atom. The molecule has 6 nitrogen and oxygen atoms in total. The molecule has 4 N–H and O–H groups in total. The van der Waals surface area contributed by atoms with E-state index in [1.54, 1.807) is 24.3 Å². The maximum Gasteiger partial charge on any atom is 0.416 e. The lowest BCUT2D eigenvalue weighted by atomic mass is 10.1. The molecule has 0 saturated carbocycles. The van der Waals surface area contributed by atoms with Crippen LogP contribution in [-0.4, -0.2) is 12.1 Å². The van der Waals surface area contributed by atoms with Gasteiger partial charge in [-0.15, -0.1) is 0 Å². The number of urea groups is 2. The molecule has 3 rings (SSSR count). The monoisotopic (exact) mass is 510 g/mol. The van der Waals surface area contributed by atoms with Crippen LogP contribution < -0.4 is 21.3 Å². The highest BCUT2D eigenvalue weighted by Crippen LogP contribution is 2.31. The van der Waals surface area contributed by atoms with E-state index < -0.39 is 35.5 Å². The first-order valence-electron chi connectivity index (χ1n) is 10.4. The van der Waals surface area contributed by atoms with Crippen molar-refractivity contribution in [2.75, 3.05) is 10.6 Å². The fourth-order valence-corrected chi connectivity index (χ4v) is 3.04. The topological polar surface area (TPSA) is 82.3 Å². The van der Waals surface area contributed by atoms with Gasteiger partial charge in [-0.1, -0.05) is 36.4 Å². The first kappa shape index (κ1) is 26.4. The van der Waals surface area contributed by atoms with Crippen molar-refractivity contribution in [2.45, 2.75) is 25.4 Å². The van der Waals surface area contributed by atoms with Gasteiger partial charge < -0.3 is 21.3 Å². The van der Waals surface area contributed by atoms with E-state index in [9.17, 15) is 35.9 Å². The number of amides is 4. The number of nitrogens with one attached hydrogen (secondary N) is 4. The van der Waals surface area contributed by atoms with Crippen LogP contribution in [0.1, 0.15) is 22.3 Å². The number of benzene rings is 3. The number of hydrogen-bond acceptors (Lipinski definition) is 2. The molecule has 12 heteroatoms. The zero-order valence-electron chi connectivity index (χ0n) is 18.4. The molecule has 0 aliphatic heterocycles. The Hall–Kier alpha value is -4.22. The molecular weight excluding hydrogens is 490 g/mol. The van der Waals surface area contributed by atoms with Gasteiger partial charge in [0.1, 0.15) is 0 Å². The third-order valence-corrected chi connectivity index (χ3v) is 4.82. The molecule has 190 valence electrons. The maximum atomic E-state index is 12.8. The first-order chi connectivity index (χ1) is 16.9. The summed E-state index contributed by atoms with van der Waals surface area (Å²) in [6.07, 6.45) is -9.05. The van der Waals surface area contributed by atoms with Gasteiger partial charge in [0.05, 0.1) is 11.1 Å². The fourth-order valence-electron chi connectivity index (χ4n) is 3.04. The Morgan fingerprint density at radius 3 is 1.28 bits per heavy atom. The summed E-state index contributed by atoms with van der Waals surface area (Å²) in [6.45, 7) is 0.184. The van der Waals surface area contributed by atoms with E-state index in [1.165, 1.54) is 24.3 Å². The van der Waals surface area contributed by atoms with E-state index in [-0.39, 0.29) is 24.5 Å². The number of alkyl halides is 6. The van der Waals surface area contributed by atoms with Crippen molar-refractivity contribution in [3.63, 3.8) is 0 Å². The molecule has 0 unspecified atom stereocenters. The van der Waals surface area contributed by atoms with E-state index in [0.29, 0.717) is 11.1 Å². The summed E-state index contributed by atoms with van der Waals surface area (Å²) in [5, 5.41) is 9.72. The van der Waals surface area contributed by atoms with Crippen LogP contribution in [0.5, 0.6) is 0 Å². The van der Waals surface area contributed by atoms with Crippen LogP contribution in [0.2, 0.25) is 0 Å². The van der Waals surface area contributed by atoms with Crippen LogP contribution in [-0.2, 0) is 25.4 Å². The molecule has 0 atom stereocenters. The molecule has 3 aromatic rings. The standard InChI is InChI=1S/C24H20F6N4O2/c25-23(26,27)17-3-1-5-19(11-17)33-21(35)31-13-15-7-9-16(10-8-15)14-32-22(36)34-20-6-2-4-18(12-20)24(28,29)30/h1-12H,13-14H2,(H2,31,33,35)(H2,32,34,36). The summed E-state index contributed by atoms with van der Waals surface area (Å²) >= 11 is 0. The van der Waals surface area contributed by atoms with E-state index in [1.807, 2.05) is 0 Å². The van der Waals surface area contributed by atoms with Crippen molar-refractivity contribution in [3.05, 3.63) is 95.1 Å². The van der Waals surface area contributed by atoms with Crippen molar-refractivity contribution >= 4 is 23.4 Å². The van der Waals surface area contributed by atoms with Crippen LogP contribution >= 0.6 is 0 Å². The molecule has 3 aromatic carbocycles. The summed E-state index contributed by atoms with van der Waals surface area (Å²) < 4.78 is 76.6. The van der Waals surface area contributed by atoms with Gasteiger partial charge in [0, 0.05) is 24.5 Å². The third kappa shape index (κ3) is 7.93. The van der Waals surface area contributed by atoms with Gasteiger partial charge in [-0.05, 0) is 47.5 Å². The highest BCUT2D eigenvalue weighted by Gasteiger charge is 2.31. The van der Waals surface area contributed by atoms with Crippen LogP contribution in [0.3, 0.4) is 0 Å². The van der Waals surface area contributed by atoms with Gasteiger partial charge in [-0.3, -0.25) is 0 Å². The molecule has 0 aliphatic rings. The van der Waals surface area contributed by atoms with Crippen molar-refractivity contribution in [2.24, 2.45) is 0 Å². The Kier molecular flexibility index (Phi) is 8.07. The molecule has 0 spiro atoms. The van der Waals surface area contributed by atoms with Crippen molar-refractivity contribution in [1.82, 2.24) is 10.6 Å². The van der Waals surface area contributed by atoms with Gasteiger partial charge in [-0.25, -0.2) is 9.59 Å². The number of anilines is 2. The molecule has 0 bridgehead atoms. The number of carbonyl (C=O) groups excluding carboxylic acids is 2. The van der Waals surface area contributed by atoms with Crippen molar-refractivity contribution < 1.29 is 35.9 Å². The molecule has 0 radical (unpaired) electrons. The predicted octanol–water partition coefficient (Wildman–Crippen LogP) is 6.37. The van der Waals surface area contributed by atoms with E-state index in [4.69, 9.17) is 0 Å². The van der Waals surface area contributed by atoms with Crippen LogP contribution in [0.25, 0.3) is 0 Å². The largest absolute Gasteiger partial charge is 0.416 e. The summed E-state index contributed by atoms with van der Waals surface area (Å²) in [7, 11) is 0. The quantitative estimate of drug-likeness (QED) is 0.291. The second kappa shape index (κ2) is 11.0. The van der Waals surface area contributed by atoms with Crippen LogP contribution in [0.15, 0.2) is 72.8 Å².